The van der Waals surface area contributed by atoms with Crippen LogP contribution in [-0.4, -0.2) is 52.7 Å². The van der Waals surface area contributed by atoms with Gasteiger partial charge in [-0.15, -0.1) is 11.3 Å². The largest absolute Gasteiger partial charge is 0.325 e. The first-order valence-electron chi connectivity index (χ1n) is 9.27. The number of halogens is 1. The van der Waals surface area contributed by atoms with Gasteiger partial charge in [-0.2, -0.15) is 12.7 Å². The number of carbonyl (C=O) groups is 1. The van der Waals surface area contributed by atoms with E-state index in [9.17, 15) is 26.0 Å². The molecule has 0 atom stereocenters. The summed E-state index contributed by atoms with van der Waals surface area (Å²) in [5, 5.41) is 4.32. The summed E-state index contributed by atoms with van der Waals surface area (Å²) in [6, 6.07) is 10.4. The topological polar surface area (TPSA) is 129 Å². The van der Waals surface area contributed by atoms with Gasteiger partial charge in [-0.05, 0) is 36.4 Å². The Hall–Kier alpha value is -3.07. The second-order valence-electron chi connectivity index (χ2n) is 6.76. The third-order valence-electron chi connectivity index (χ3n) is 4.25. The number of hydrogen-bond acceptors (Lipinski definition) is 7. The van der Waals surface area contributed by atoms with Crippen LogP contribution in [0.25, 0.3) is 0 Å². The number of benzene rings is 2. The minimum absolute atomic E-state index is 0.0566. The van der Waals surface area contributed by atoms with Crippen molar-refractivity contribution >= 4 is 54.0 Å². The lowest BCUT2D eigenvalue weighted by molar-refractivity contribution is -0.114. The van der Waals surface area contributed by atoms with Gasteiger partial charge in [-0.1, -0.05) is 12.1 Å². The van der Waals surface area contributed by atoms with E-state index in [1.807, 2.05) is 0 Å². The molecule has 33 heavy (non-hydrogen) atoms. The third-order valence-corrected chi connectivity index (χ3v) is 8.23. The van der Waals surface area contributed by atoms with Crippen molar-refractivity contribution in [3.05, 3.63) is 65.9 Å². The van der Waals surface area contributed by atoms with Gasteiger partial charge < -0.3 is 5.32 Å². The van der Waals surface area contributed by atoms with E-state index < -0.39 is 38.5 Å². The number of nitrogens with one attached hydrogen (secondary N) is 2. The fourth-order valence-electron chi connectivity index (χ4n) is 2.64. The van der Waals surface area contributed by atoms with Crippen LogP contribution < -0.4 is 14.3 Å². The summed E-state index contributed by atoms with van der Waals surface area (Å²) in [6.45, 7) is -0.701. The zero-order valence-corrected chi connectivity index (χ0v) is 19.9. The smallest absolute Gasteiger partial charge is 0.304 e. The van der Waals surface area contributed by atoms with Crippen molar-refractivity contribution in [3.8, 4) is 0 Å². The van der Waals surface area contributed by atoms with E-state index in [4.69, 9.17) is 0 Å². The number of amides is 1. The molecule has 2 aromatic carbocycles. The molecule has 0 aliphatic carbocycles. The Balaban J connectivity index is 1.76. The number of sulfonamides is 1. The first-order chi connectivity index (χ1) is 15.5. The van der Waals surface area contributed by atoms with Gasteiger partial charge >= 0.3 is 10.2 Å². The second kappa shape index (κ2) is 9.82. The lowest BCUT2D eigenvalue weighted by Crippen LogP contribution is -2.44. The van der Waals surface area contributed by atoms with Gasteiger partial charge in [0.25, 0.3) is 10.0 Å². The summed E-state index contributed by atoms with van der Waals surface area (Å²) in [4.78, 5) is 16.4. The van der Waals surface area contributed by atoms with Crippen LogP contribution >= 0.6 is 11.3 Å². The fourth-order valence-corrected chi connectivity index (χ4v) is 5.50. The SMILES string of the molecule is CN(C)S(=O)(=O)N(CC(=O)Nc1ccc(S(=O)(=O)Nc2nccs2)cc1)c1ccccc1F. The van der Waals surface area contributed by atoms with Crippen molar-refractivity contribution < 1.29 is 26.0 Å². The number of rotatable bonds is 9. The van der Waals surface area contributed by atoms with Crippen LogP contribution in [0, 0.1) is 5.82 Å². The van der Waals surface area contributed by atoms with E-state index in [0.717, 1.165) is 21.7 Å². The average molecular weight is 514 g/mol. The molecular weight excluding hydrogens is 493 g/mol. The Morgan fingerprint density at radius 1 is 1.06 bits per heavy atom. The van der Waals surface area contributed by atoms with E-state index in [1.54, 1.807) is 5.38 Å². The molecule has 0 bridgehead atoms. The average Bonchev–Trinajstić information content (AvgIpc) is 3.25. The Bertz CT molecular complexity index is 1330. The molecule has 0 saturated carbocycles. The summed E-state index contributed by atoms with van der Waals surface area (Å²) in [7, 11) is -5.52. The Kier molecular flexibility index (Phi) is 7.31. The molecule has 2 N–H and O–H groups in total. The number of carbonyl (C=O) groups excluding carboxylic acids is 1. The lowest BCUT2D eigenvalue weighted by atomic mass is 10.3. The van der Waals surface area contributed by atoms with Gasteiger partial charge in [0.15, 0.2) is 5.13 Å². The zero-order chi connectivity index (χ0) is 24.2. The number of para-hydroxylation sites is 1. The number of hydrogen-bond donors (Lipinski definition) is 2. The van der Waals surface area contributed by atoms with Gasteiger partial charge in [-0.25, -0.2) is 22.1 Å². The van der Waals surface area contributed by atoms with Crippen LogP contribution in [0.5, 0.6) is 0 Å². The lowest BCUT2D eigenvalue weighted by Gasteiger charge is -2.27. The highest BCUT2D eigenvalue weighted by Gasteiger charge is 2.29. The normalized spacial score (nSPS) is 11.9. The van der Waals surface area contributed by atoms with E-state index in [-0.39, 0.29) is 21.4 Å². The molecule has 0 spiro atoms. The molecule has 10 nitrogen and oxygen atoms in total. The predicted octanol–water partition coefficient (Wildman–Crippen LogP) is 2.33. The van der Waals surface area contributed by atoms with Crippen LogP contribution in [0.1, 0.15) is 0 Å². The summed E-state index contributed by atoms with van der Waals surface area (Å²) in [5.41, 5.74) is -0.0556. The molecule has 0 radical (unpaired) electrons. The Labute approximate surface area is 194 Å². The number of anilines is 3. The molecule has 3 rings (SSSR count). The highest BCUT2D eigenvalue weighted by molar-refractivity contribution is 7.93. The standard InChI is InChI=1S/C19H20FN5O5S3/c1-24(2)33(29,30)25(17-6-4-3-5-16(17)20)13-18(26)22-14-7-9-15(10-8-14)32(27,28)23-19-21-11-12-31-19/h3-12H,13H2,1-2H3,(H,21,23)(H,22,26). The van der Waals surface area contributed by atoms with E-state index >= 15 is 0 Å². The summed E-state index contributed by atoms with van der Waals surface area (Å²) < 4.78 is 68.3. The second-order valence-corrected chi connectivity index (χ2v) is 11.4. The maximum absolute atomic E-state index is 14.3. The molecule has 0 fully saturated rings. The first-order valence-corrected chi connectivity index (χ1v) is 13.0. The van der Waals surface area contributed by atoms with Crippen LogP contribution in [0.3, 0.4) is 0 Å². The van der Waals surface area contributed by atoms with E-state index in [0.29, 0.717) is 4.31 Å². The molecule has 0 aliphatic rings. The third kappa shape index (κ3) is 5.84. The minimum Gasteiger partial charge on any atom is -0.325 e. The van der Waals surface area contributed by atoms with E-state index in [1.165, 1.54) is 62.8 Å². The van der Waals surface area contributed by atoms with Gasteiger partial charge in [0.1, 0.15) is 12.4 Å². The summed E-state index contributed by atoms with van der Waals surface area (Å²) >= 11 is 1.12. The van der Waals surface area contributed by atoms with Crippen LogP contribution in [0.15, 0.2) is 65.0 Å². The molecule has 1 aromatic heterocycles. The number of aromatic nitrogens is 1. The molecule has 0 aliphatic heterocycles. The van der Waals surface area contributed by atoms with Crippen molar-refractivity contribution in [2.75, 3.05) is 35.0 Å². The summed E-state index contributed by atoms with van der Waals surface area (Å²) in [5.74, 6) is -1.56. The first kappa shape index (κ1) is 24.6. The monoisotopic (exact) mass is 513 g/mol. The highest BCUT2D eigenvalue weighted by atomic mass is 32.2. The minimum atomic E-state index is -4.18. The Morgan fingerprint density at radius 2 is 1.73 bits per heavy atom. The maximum Gasteiger partial charge on any atom is 0.304 e. The zero-order valence-electron chi connectivity index (χ0n) is 17.5. The Morgan fingerprint density at radius 3 is 2.30 bits per heavy atom. The maximum atomic E-state index is 14.3. The molecule has 0 unspecified atom stereocenters. The molecule has 1 heterocycles. The van der Waals surface area contributed by atoms with Crippen molar-refractivity contribution in [3.63, 3.8) is 0 Å². The van der Waals surface area contributed by atoms with Crippen LogP contribution in [-0.2, 0) is 25.0 Å². The van der Waals surface area contributed by atoms with Crippen LogP contribution in [0.2, 0.25) is 0 Å². The molecule has 176 valence electrons. The van der Waals surface area contributed by atoms with Gasteiger partial charge in [0.05, 0.1) is 10.6 Å². The number of nitrogens with zero attached hydrogens (tertiary/aromatic N) is 3. The quantitative estimate of drug-likeness (QED) is 0.452. The molecule has 14 heteroatoms. The van der Waals surface area contributed by atoms with Gasteiger partial charge in [0, 0.05) is 31.4 Å². The molecular formula is C19H20FN5O5S3. The highest BCUT2D eigenvalue weighted by Crippen LogP contribution is 2.23. The molecule has 1 amide bonds. The van der Waals surface area contributed by atoms with Gasteiger partial charge in [-0.3, -0.25) is 9.52 Å². The summed E-state index contributed by atoms with van der Waals surface area (Å²) in [6.07, 6.45) is 1.46. The molecule has 3 aromatic rings. The van der Waals surface area contributed by atoms with E-state index in [2.05, 4.69) is 15.0 Å². The number of thiazole rings is 1. The van der Waals surface area contributed by atoms with Crippen molar-refractivity contribution in [1.29, 1.82) is 0 Å². The molecule has 0 saturated heterocycles. The van der Waals surface area contributed by atoms with Gasteiger partial charge in [0.2, 0.25) is 5.91 Å². The van der Waals surface area contributed by atoms with Crippen molar-refractivity contribution in [2.45, 2.75) is 4.90 Å². The fraction of sp³-hybridized carbons (Fsp3) is 0.158. The van der Waals surface area contributed by atoms with Crippen molar-refractivity contribution in [2.24, 2.45) is 0 Å². The van der Waals surface area contributed by atoms with Crippen LogP contribution in [0.4, 0.5) is 20.9 Å². The predicted molar refractivity (Wildman–Crippen MR) is 124 cm³/mol. The van der Waals surface area contributed by atoms with Crippen molar-refractivity contribution in [1.82, 2.24) is 9.29 Å².